The first kappa shape index (κ1) is 19.7. The van der Waals surface area contributed by atoms with Crippen molar-refractivity contribution in [1.82, 2.24) is 19.9 Å². The normalized spacial score (nSPS) is 18.6. The minimum atomic E-state index is -0.650. The second kappa shape index (κ2) is 8.83. The molecule has 0 radical (unpaired) electrons. The first-order valence-electron chi connectivity index (χ1n) is 9.92. The molecular weight excluding hydrogens is 380 g/mol. The Hall–Kier alpha value is -3.59. The highest BCUT2D eigenvalue weighted by Gasteiger charge is 2.20. The zero-order valence-electron chi connectivity index (χ0n) is 16.5. The Kier molecular flexibility index (Phi) is 5.80. The van der Waals surface area contributed by atoms with Gasteiger partial charge in [-0.3, -0.25) is 4.79 Å². The van der Waals surface area contributed by atoms with E-state index < -0.39 is 5.91 Å². The number of primary amides is 1. The third kappa shape index (κ3) is 4.69. The fourth-order valence-corrected chi connectivity index (χ4v) is 3.52. The van der Waals surface area contributed by atoms with Crippen LogP contribution in [0.2, 0.25) is 0 Å². The van der Waals surface area contributed by atoms with Gasteiger partial charge in [0.25, 0.3) is 5.91 Å². The Bertz CT molecular complexity index is 1020. The van der Waals surface area contributed by atoms with Gasteiger partial charge in [0, 0.05) is 35.7 Å². The summed E-state index contributed by atoms with van der Waals surface area (Å²) in [7, 11) is 0. The molecule has 1 fully saturated rings. The largest absolute Gasteiger partial charge is 0.366 e. The van der Waals surface area contributed by atoms with Crippen LogP contribution in [0.4, 0.5) is 17.3 Å². The molecule has 1 aromatic carbocycles. The van der Waals surface area contributed by atoms with E-state index in [1.165, 1.54) is 6.20 Å². The molecule has 6 N–H and O–H groups in total. The van der Waals surface area contributed by atoms with Crippen molar-refractivity contribution in [1.29, 1.82) is 0 Å². The molecule has 0 atom stereocenters. The van der Waals surface area contributed by atoms with Crippen LogP contribution in [0.3, 0.4) is 0 Å². The Morgan fingerprint density at radius 3 is 2.53 bits per heavy atom. The maximum absolute atomic E-state index is 11.9. The third-order valence-corrected chi connectivity index (χ3v) is 5.08. The highest BCUT2D eigenvalue weighted by molar-refractivity contribution is 5.96. The van der Waals surface area contributed by atoms with E-state index in [1.54, 1.807) is 18.5 Å². The number of nitrogens with two attached hydrogens (primary N) is 2. The van der Waals surface area contributed by atoms with Crippen molar-refractivity contribution in [2.24, 2.45) is 11.5 Å². The first-order valence-corrected chi connectivity index (χ1v) is 9.92. The lowest BCUT2D eigenvalue weighted by Crippen LogP contribution is -2.33. The number of nitrogens with zero attached hydrogens (tertiary/aromatic N) is 4. The van der Waals surface area contributed by atoms with E-state index in [-0.39, 0.29) is 17.8 Å². The van der Waals surface area contributed by atoms with Crippen LogP contribution in [0.25, 0.3) is 11.4 Å². The monoisotopic (exact) mass is 404 g/mol. The molecule has 2 heterocycles. The maximum Gasteiger partial charge on any atom is 0.271 e. The summed E-state index contributed by atoms with van der Waals surface area (Å²) in [6.07, 6.45) is 8.81. The van der Waals surface area contributed by atoms with Crippen LogP contribution in [-0.4, -0.2) is 37.9 Å². The minimum absolute atomic E-state index is 0.0765. The van der Waals surface area contributed by atoms with Gasteiger partial charge in [0.1, 0.15) is 5.82 Å². The van der Waals surface area contributed by atoms with Gasteiger partial charge in [0.15, 0.2) is 17.3 Å². The molecule has 2 aromatic heterocycles. The van der Waals surface area contributed by atoms with Crippen molar-refractivity contribution < 1.29 is 4.79 Å². The van der Waals surface area contributed by atoms with Crippen LogP contribution in [-0.2, 0) is 0 Å². The summed E-state index contributed by atoms with van der Waals surface area (Å²) in [5.74, 6) is 0.840. The van der Waals surface area contributed by atoms with Gasteiger partial charge in [-0.15, -0.1) is 0 Å². The number of carbonyl (C=O) groups excluding carboxylic acids is 1. The molecular formula is C21H24N8O. The summed E-state index contributed by atoms with van der Waals surface area (Å²) in [6, 6.07) is 9.84. The maximum atomic E-state index is 11.9. The van der Waals surface area contributed by atoms with Gasteiger partial charge in [-0.25, -0.2) is 19.9 Å². The van der Waals surface area contributed by atoms with E-state index in [4.69, 9.17) is 11.5 Å². The van der Waals surface area contributed by atoms with E-state index in [0.717, 1.165) is 36.9 Å². The molecule has 1 saturated carbocycles. The summed E-state index contributed by atoms with van der Waals surface area (Å²) < 4.78 is 0. The average molecular weight is 404 g/mol. The van der Waals surface area contributed by atoms with Gasteiger partial charge in [0.05, 0.1) is 6.20 Å². The molecule has 9 heteroatoms. The standard InChI is InChI=1S/C21H24N8O/c22-14-5-7-15(8-6-14)27-17-12-26-18(19(23)30)21(29-17)28-16-4-1-3-13(11-16)20-24-9-2-10-25-20/h1-4,9-12,14-15H,5-8,22H2,(H2,23,30)(H2,27,28,29). The fourth-order valence-electron chi connectivity index (χ4n) is 3.52. The number of aromatic nitrogens is 4. The number of rotatable bonds is 6. The Labute approximate surface area is 174 Å². The first-order chi connectivity index (χ1) is 14.6. The van der Waals surface area contributed by atoms with Gasteiger partial charge in [-0.2, -0.15) is 0 Å². The van der Waals surface area contributed by atoms with Crippen LogP contribution in [0.1, 0.15) is 36.2 Å². The van der Waals surface area contributed by atoms with Gasteiger partial charge < -0.3 is 22.1 Å². The molecule has 1 amide bonds. The van der Waals surface area contributed by atoms with Crippen molar-refractivity contribution in [3.05, 3.63) is 54.6 Å². The van der Waals surface area contributed by atoms with Crippen molar-refractivity contribution in [3.8, 4) is 11.4 Å². The number of anilines is 3. The van der Waals surface area contributed by atoms with Crippen molar-refractivity contribution in [2.75, 3.05) is 10.6 Å². The van der Waals surface area contributed by atoms with Crippen LogP contribution >= 0.6 is 0 Å². The second-order valence-electron chi connectivity index (χ2n) is 7.35. The molecule has 9 nitrogen and oxygen atoms in total. The van der Waals surface area contributed by atoms with Gasteiger partial charge >= 0.3 is 0 Å². The molecule has 0 aliphatic heterocycles. The van der Waals surface area contributed by atoms with Crippen molar-refractivity contribution in [3.63, 3.8) is 0 Å². The highest BCUT2D eigenvalue weighted by Crippen LogP contribution is 2.25. The van der Waals surface area contributed by atoms with E-state index in [1.807, 2.05) is 24.3 Å². The quantitative estimate of drug-likeness (QED) is 0.490. The van der Waals surface area contributed by atoms with Gasteiger partial charge in [0.2, 0.25) is 0 Å². The number of benzene rings is 1. The predicted molar refractivity (Wildman–Crippen MR) is 115 cm³/mol. The van der Waals surface area contributed by atoms with E-state index in [0.29, 0.717) is 17.5 Å². The average Bonchev–Trinajstić information content (AvgIpc) is 2.76. The Morgan fingerprint density at radius 2 is 1.80 bits per heavy atom. The van der Waals surface area contributed by atoms with Crippen LogP contribution in [0.5, 0.6) is 0 Å². The SMILES string of the molecule is NC(=O)c1ncc(NC2CCC(N)CC2)nc1Nc1cccc(-c2ncccn2)c1. The third-order valence-electron chi connectivity index (χ3n) is 5.08. The van der Waals surface area contributed by atoms with E-state index in [9.17, 15) is 4.79 Å². The number of nitrogens with one attached hydrogen (secondary N) is 2. The lowest BCUT2D eigenvalue weighted by Gasteiger charge is -2.27. The molecule has 0 bridgehead atoms. The summed E-state index contributed by atoms with van der Waals surface area (Å²) in [5.41, 5.74) is 13.1. The molecule has 0 saturated heterocycles. The summed E-state index contributed by atoms with van der Waals surface area (Å²) in [6.45, 7) is 0. The molecule has 0 spiro atoms. The fraction of sp³-hybridized carbons (Fsp3) is 0.286. The summed E-state index contributed by atoms with van der Waals surface area (Å²) >= 11 is 0. The number of hydrogen-bond acceptors (Lipinski definition) is 8. The van der Waals surface area contributed by atoms with E-state index in [2.05, 4.69) is 30.6 Å². The lowest BCUT2D eigenvalue weighted by atomic mass is 9.92. The van der Waals surface area contributed by atoms with Crippen LogP contribution in [0, 0.1) is 0 Å². The van der Waals surface area contributed by atoms with Crippen molar-refractivity contribution in [2.45, 2.75) is 37.8 Å². The molecule has 4 rings (SSSR count). The van der Waals surface area contributed by atoms with Crippen LogP contribution < -0.4 is 22.1 Å². The second-order valence-corrected chi connectivity index (χ2v) is 7.35. The summed E-state index contributed by atoms with van der Waals surface area (Å²) in [4.78, 5) is 29.2. The summed E-state index contributed by atoms with van der Waals surface area (Å²) in [5, 5.41) is 6.55. The number of amides is 1. The molecule has 1 aliphatic carbocycles. The lowest BCUT2D eigenvalue weighted by molar-refractivity contribution is 0.0996. The zero-order valence-corrected chi connectivity index (χ0v) is 16.5. The smallest absolute Gasteiger partial charge is 0.271 e. The number of carbonyl (C=O) groups is 1. The number of hydrogen-bond donors (Lipinski definition) is 4. The molecule has 30 heavy (non-hydrogen) atoms. The Balaban J connectivity index is 1.57. The predicted octanol–water partition coefficient (Wildman–Crippen LogP) is 2.46. The zero-order chi connectivity index (χ0) is 20.9. The van der Waals surface area contributed by atoms with Gasteiger partial charge in [-0.1, -0.05) is 12.1 Å². The minimum Gasteiger partial charge on any atom is -0.366 e. The molecule has 0 unspecified atom stereocenters. The highest BCUT2D eigenvalue weighted by atomic mass is 16.1. The molecule has 1 aliphatic rings. The topological polar surface area (TPSA) is 145 Å². The molecule has 3 aromatic rings. The Morgan fingerprint density at radius 1 is 1.03 bits per heavy atom. The van der Waals surface area contributed by atoms with Crippen molar-refractivity contribution >= 4 is 23.2 Å². The van der Waals surface area contributed by atoms with Gasteiger partial charge in [-0.05, 0) is 43.9 Å². The van der Waals surface area contributed by atoms with E-state index >= 15 is 0 Å². The van der Waals surface area contributed by atoms with Crippen LogP contribution in [0.15, 0.2) is 48.9 Å². The molecule has 154 valence electrons.